The lowest BCUT2D eigenvalue weighted by Gasteiger charge is -2.32. The zero-order chi connectivity index (χ0) is 24.0. The van der Waals surface area contributed by atoms with Crippen LogP contribution in [-0.4, -0.2) is 80.7 Å². The Morgan fingerprint density at radius 1 is 1.24 bits per heavy atom. The number of ether oxygens (including phenoxy) is 1. The summed E-state index contributed by atoms with van der Waals surface area (Å²) in [6.45, 7) is 4.05. The van der Waals surface area contributed by atoms with Crippen LogP contribution < -0.4 is 10.4 Å². The zero-order valence-corrected chi connectivity index (χ0v) is 19.9. The second-order valence-electron chi connectivity index (χ2n) is 9.11. The van der Waals surface area contributed by atoms with Crippen molar-refractivity contribution in [3.8, 4) is 16.9 Å². The lowest BCUT2D eigenvalue weighted by atomic mass is 10.00. The number of carbonyl (C=O) groups is 1. The molecule has 178 valence electrons. The fourth-order valence-electron chi connectivity index (χ4n) is 4.81. The molecule has 1 aliphatic heterocycles. The predicted octanol–water partition coefficient (Wildman–Crippen LogP) is 2.08. The van der Waals surface area contributed by atoms with Crippen molar-refractivity contribution < 1.29 is 9.53 Å². The Bertz CT molecular complexity index is 1420. The maximum atomic E-state index is 13.0. The minimum absolute atomic E-state index is 0.0984. The first-order valence-electron chi connectivity index (χ1n) is 11.4. The number of amides is 1. The molecule has 4 heterocycles. The molecule has 0 radical (unpaired) electrons. The molecule has 10 nitrogen and oxygen atoms in total. The third kappa shape index (κ3) is 3.83. The number of benzene rings is 1. The van der Waals surface area contributed by atoms with Gasteiger partial charge in [-0.3, -0.25) is 14.3 Å². The molecule has 10 heteroatoms. The number of likely N-dealkylation sites (N-methyl/N-ethyl adjacent to an activating group) is 1. The quantitative estimate of drug-likeness (QED) is 0.486. The monoisotopic (exact) mass is 463 g/mol. The van der Waals surface area contributed by atoms with E-state index in [-0.39, 0.29) is 17.6 Å². The van der Waals surface area contributed by atoms with Gasteiger partial charge in [-0.05, 0) is 49.1 Å². The number of H-pyrrole nitrogens is 1. The molecule has 0 unspecified atom stereocenters. The molecule has 4 aromatic rings. The average Bonchev–Trinajstić information content (AvgIpc) is 3.41. The highest BCUT2D eigenvalue weighted by Crippen LogP contribution is 2.32. The van der Waals surface area contributed by atoms with Crippen molar-refractivity contribution in [1.82, 2.24) is 33.9 Å². The van der Waals surface area contributed by atoms with Gasteiger partial charge < -0.3 is 14.6 Å². The largest absolute Gasteiger partial charge is 0.493 e. The van der Waals surface area contributed by atoms with Gasteiger partial charge in [-0.25, -0.2) is 14.3 Å². The number of likely N-dealkylation sites (tertiary alicyclic amines) is 1. The number of methoxy groups -OCH3 is 1. The van der Waals surface area contributed by atoms with Crippen LogP contribution in [0.25, 0.3) is 27.8 Å². The van der Waals surface area contributed by atoms with Gasteiger partial charge in [-0.2, -0.15) is 5.10 Å². The van der Waals surface area contributed by atoms with Gasteiger partial charge in [0.05, 0.1) is 24.7 Å². The van der Waals surface area contributed by atoms with E-state index in [4.69, 9.17) is 4.74 Å². The van der Waals surface area contributed by atoms with Gasteiger partial charge in [0.1, 0.15) is 6.33 Å². The summed E-state index contributed by atoms with van der Waals surface area (Å²) in [6, 6.07) is 6.13. The molecule has 0 aliphatic carbocycles. The van der Waals surface area contributed by atoms with Crippen LogP contribution in [-0.2, 0) is 4.79 Å². The number of imidazole rings is 1. The van der Waals surface area contributed by atoms with E-state index >= 15 is 0 Å². The van der Waals surface area contributed by atoms with Gasteiger partial charge in [-0.15, -0.1) is 0 Å². The van der Waals surface area contributed by atoms with Crippen molar-refractivity contribution in [2.45, 2.75) is 25.8 Å². The summed E-state index contributed by atoms with van der Waals surface area (Å²) in [5.41, 5.74) is 5.24. The van der Waals surface area contributed by atoms with E-state index in [1.54, 1.807) is 30.6 Å². The fraction of sp³-hybridized carbons (Fsp3) is 0.417. The number of aromatic amines is 1. The van der Waals surface area contributed by atoms with Crippen LogP contribution in [0.4, 0.5) is 0 Å². The summed E-state index contributed by atoms with van der Waals surface area (Å²) < 4.78 is 9.09. The van der Waals surface area contributed by atoms with Crippen LogP contribution in [0.15, 0.2) is 35.5 Å². The van der Waals surface area contributed by atoms with E-state index in [9.17, 15) is 9.59 Å². The van der Waals surface area contributed by atoms with Gasteiger partial charge in [-0.1, -0.05) is 0 Å². The molecule has 3 aromatic heterocycles. The van der Waals surface area contributed by atoms with Crippen molar-refractivity contribution in [2.24, 2.45) is 0 Å². The normalized spacial score (nSPS) is 15.3. The topological polar surface area (TPSA) is 101 Å². The first kappa shape index (κ1) is 22.1. The third-order valence-corrected chi connectivity index (χ3v) is 6.71. The van der Waals surface area contributed by atoms with Crippen LogP contribution in [0.3, 0.4) is 0 Å². The van der Waals surface area contributed by atoms with Gasteiger partial charge in [0.2, 0.25) is 5.91 Å². The summed E-state index contributed by atoms with van der Waals surface area (Å²) in [4.78, 5) is 36.1. The molecule has 0 bridgehead atoms. The third-order valence-electron chi connectivity index (χ3n) is 6.71. The number of hydrogen-bond acceptors (Lipinski definition) is 6. The average molecular weight is 464 g/mol. The molecule has 1 fully saturated rings. The van der Waals surface area contributed by atoms with Gasteiger partial charge in [0.25, 0.3) is 0 Å². The Morgan fingerprint density at radius 3 is 2.71 bits per heavy atom. The van der Waals surface area contributed by atoms with E-state index in [2.05, 4.69) is 26.0 Å². The SMILES string of the molecule is COc1cc(-c2cc3[nH]c(=O)n(C4CCN(CC(=O)N(C)C)CC4)c3cc2C)cn2ncnc12. The van der Waals surface area contributed by atoms with Crippen molar-refractivity contribution in [3.05, 3.63) is 46.8 Å². The number of piperidine rings is 1. The Kier molecular flexibility index (Phi) is 5.60. The highest BCUT2D eigenvalue weighted by molar-refractivity contribution is 5.85. The maximum Gasteiger partial charge on any atom is 0.326 e. The predicted molar refractivity (Wildman–Crippen MR) is 129 cm³/mol. The lowest BCUT2D eigenvalue weighted by Crippen LogP contribution is -2.42. The number of pyridine rings is 1. The Hall–Kier alpha value is -3.66. The summed E-state index contributed by atoms with van der Waals surface area (Å²) >= 11 is 0. The van der Waals surface area contributed by atoms with Crippen molar-refractivity contribution in [3.63, 3.8) is 0 Å². The highest BCUT2D eigenvalue weighted by Gasteiger charge is 2.25. The summed E-state index contributed by atoms with van der Waals surface area (Å²) in [6.07, 6.45) is 5.07. The highest BCUT2D eigenvalue weighted by atomic mass is 16.5. The Morgan fingerprint density at radius 2 is 2.00 bits per heavy atom. The van der Waals surface area contributed by atoms with E-state index in [1.807, 2.05) is 29.8 Å². The first-order chi connectivity index (χ1) is 16.4. The van der Waals surface area contributed by atoms with Crippen molar-refractivity contribution in [2.75, 3.05) is 40.8 Å². The number of aryl methyl sites for hydroxylation is 1. The Labute approximate surface area is 196 Å². The lowest BCUT2D eigenvalue weighted by molar-refractivity contribution is -0.130. The molecule has 0 atom stereocenters. The number of nitrogens with one attached hydrogen (secondary N) is 1. The van der Waals surface area contributed by atoms with Gasteiger partial charge in [0, 0.05) is 45.0 Å². The molecule has 1 amide bonds. The van der Waals surface area contributed by atoms with Crippen LogP contribution >= 0.6 is 0 Å². The smallest absolute Gasteiger partial charge is 0.326 e. The van der Waals surface area contributed by atoms with Crippen molar-refractivity contribution >= 4 is 22.6 Å². The van der Waals surface area contributed by atoms with Crippen LogP contribution in [0.5, 0.6) is 5.75 Å². The number of nitrogens with zero attached hydrogens (tertiary/aromatic N) is 6. The fourth-order valence-corrected chi connectivity index (χ4v) is 4.81. The second kappa shape index (κ2) is 8.60. The molecule has 0 saturated carbocycles. The molecule has 1 aliphatic rings. The van der Waals surface area contributed by atoms with E-state index in [1.165, 1.54) is 6.33 Å². The van der Waals surface area contributed by atoms with E-state index in [0.717, 1.165) is 53.7 Å². The molecule has 1 aromatic carbocycles. The summed E-state index contributed by atoms with van der Waals surface area (Å²) in [5, 5.41) is 4.25. The minimum atomic E-state index is -0.0984. The van der Waals surface area contributed by atoms with E-state index in [0.29, 0.717) is 17.9 Å². The minimum Gasteiger partial charge on any atom is -0.493 e. The molecule has 34 heavy (non-hydrogen) atoms. The number of rotatable bonds is 5. The number of aromatic nitrogens is 5. The second-order valence-corrected chi connectivity index (χ2v) is 9.11. The molecular weight excluding hydrogens is 434 g/mol. The maximum absolute atomic E-state index is 13.0. The van der Waals surface area contributed by atoms with Gasteiger partial charge in [0.15, 0.2) is 11.4 Å². The van der Waals surface area contributed by atoms with E-state index < -0.39 is 0 Å². The standard InChI is InChI=1S/C24H29N7O3/c1-15-9-20-19(11-18(15)16-10-21(34-4)23-25-14-26-30(23)12-16)27-24(33)31(20)17-5-7-29(8-6-17)13-22(32)28(2)3/h9-12,14,17H,5-8,13H2,1-4H3,(H,27,33). The van der Waals surface area contributed by atoms with Crippen LogP contribution in [0, 0.1) is 6.92 Å². The number of carbonyl (C=O) groups excluding carboxylic acids is 1. The molecule has 1 saturated heterocycles. The van der Waals surface area contributed by atoms with Crippen LogP contribution in [0.2, 0.25) is 0 Å². The van der Waals surface area contributed by atoms with Gasteiger partial charge >= 0.3 is 5.69 Å². The molecule has 1 N–H and O–H groups in total. The Balaban J connectivity index is 1.46. The number of fused-ring (bicyclic) bond motifs is 2. The van der Waals surface area contributed by atoms with Crippen LogP contribution in [0.1, 0.15) is 24.4 Å². The summed E-state index contributed by atoms with van der Waals surface area (Å²) in [7, 11) is 5.16. The summed E-state index contributed by atoms with van der Waals surface area (Å²) in [5.74, 6) is 0.742. The molecular formula is C24H29N7O3. The molecule has 0 spiro atoms. The zero-order valence-electron chi connectivity index (χ0n) is 19.9. The van der Waals surface area contributed by atoms with Crippen molar-refractivity contribution in [1.29, 1.82) is 0 Å². The number of hydrogen-bond donors (Lipinski definition) is 1. The molecule has 5 rings (SSSR count). The first-order valence-corrected chi connectivity index (χ1v) is 11.4.